The number of carbonyl (C=O) groups excluding carboxylic acids is 2. The van der Waals surface area contributed by atoms with Gasteiger partial charge < -0.3 is 15.0 Å². The van der Waals surface area contributed by atoms with Gasteiger partial charge in [0.05, 0.1) is 49.2 Å². The van der Waals surface area contributed by atoms with Crippen molar-refractivity contribution in [3.63, 3.8) is 0 Å². The lowest BCUT2D eigenvalue weighted by atomic mass is 10.0. The Hall–Kier alpha value is -4.01. The molecular weight excluding hydrogens is 468 g/mol. The van der Waals surface area contributed by atoms with Crippen molar-refractivity contribution >= 4 is 22.6 Å². The van der Waals surface area contributed by atoms with Crippen LogP contribution in [0.2, 0.25) is 0 Å². The standard InChI is InChI=1S/C28H34N6O3/c1-3-20(35)9-5-4-6-12-23(32-27(36)13-15-34-16-14-29-19-34)28-30-18-25(33-28)24-17-26(37-2)21-10-7-8-11-22(21)31-24/h7-8,10-11,14,16-19,23H,3-6,9,12-13,15H2,1-2H3,(H2,30,31,32,33,36)/p+1/t23-/m0/s1. The summed E-state index contributed by atoms with van der Waals surface area (Å²) < 4.78 is 7.53. The molecule has 0 saturated carbocycles. The van der Waals surface area contributed by atoms with Crippen molar-refractivity contribution in [1.29, 1.82) is 0 Å². The molecule has 3 aromatic heterocycles. The first kappa shape index (κ1) is 26.1. The second-order valence-corrected chi connectivity index (χ2v) is 9.12. The lowest BCUT2D eigenvalue weighted by Crippen LogP contribution is -2.36. The van der Waals surface area contributed by atoms with Crippen molar-refractivity contribution in [3.8, 4) is 17.1 Å². The van der Waals surface area contributed by atoms with E-state index < -0.39 is 0 Å². The summed E-state index contributed by atoms with van der Waals surface area (Å²) in [6.45, 7) is 2.49. The van der Waals surface area contributed by atoms with E-state index in [1.165, 1.54) is 0 Å². The van der Waals surface area contributed by atoms with Crippen LogP contribution in [0, 0.1) is 0 Å². The van der Waals surface area contributed by atoms with Crippen LogP contribution in [0.3, 0.4) is 0 Å². The number of carbonyl (C=O) groups is 2. The first-order chi connectivity index (χ1) is 18.1. The molecule has 1 aromatic carbocycles. The molecule has 9 nitrogen and oxygen atoms in total. The van der Waals surface area contributed by atoms with Gasteiger partial charge in [-0.25, -0.2) is 14.5 Å². The highest BCUT2D eigenvalue weighted by Crippen LogP contribution is 2.30. The quantitative estimate of drug-likeness (QED) is 0.174. The van der Waals surface area contributed by atoms with Crippen LogP contribution in [0.1, 0.15) is 63.7 Å². The Morgan fingerprint density at radius 1 is 1.16 bits per heavy atom. The van der Waals surface area contributed by atoms with Crippen molar-refractivity contribution in [3.05, 3.63) is 61.1 Å². The first-order valence-corrected chi connectivity index (χ1v) is 12.9. The molecule has 37 heavy (non-hydrogen) atoms. The summed E-state index contributed by atoms with van der Waals surface area (Å²) in [5.74, 6) is 1.69. The van der Waals surface area contributed by atoms with Crippen LogP contribution in [-0.2, 0) is 16.1 Å². The highest BCUT2D eigenvalue weighted by Gasteiger charge is 2.19. The van der Waals surface area contributed by atoms with E-state index in [1.54, 1.807) is 13.3 Å². The molecule has 0 aliphatic carbocycles. The molecule has 0 bridgehead atoms. The van der Waals surface area contributed by atoms with Gasteiger partial charge >= 0.3 is 0 Å². The van der Waals surface area contributed by atoms with Gasteiger partial charge in [0.1, 0.15) is 29.8 Å². The normalized spacial score (nSPS) is 11.9. The van der Waals surface area contributed by atoms with Crippen LogP contribution in [0.15, 0.2) is 55.2 Å². The Bertz CT molecular complexity index is 1310. The van der Waals surface area contributed by atoms with Crippen LogP contribution in [0.25, 0.3) is 22.3 Å². The number of imidazole rings is 2. The van der Waals surface area contributed by atoms with Crippen LogP contribution < -0.4 is 14.6 Å². The summed E-state index contributed by atoms with van der Waals surface area (Å²) in [5, 5.41) is 4.10. The SMILES string of the molecule is CCC(=O)CCCCC[C@H](NC(=O)CC[n+]1cc[nH]c1)c1ncc(-c2cc(OC)c3ccccc3n2)[nH]1. The van der Waals surface area contributed by atoms with Crippen LogP contribution in [0.4, 0.5) is 0 Å². The lowest BCUT2D eigenvalue weighted by Gasteiger charge is -2.17. The van der Waals surface area contributed by atoms with E-state index in [0.717, 1.165) is 53.7 Å². The van der Waals surface area contributed by atoms with E-state index in [2.05, 4.69) is 20.3 Å². The van der Waals surface area contributed by atoms with Gasteiger partial charge in [-0.3, -0.25) is 14.6 Å². The van der Waals surface area contributed by atoms with Gasteiger partial charge in [0.15, 0.2) is 0 Å². The number of hydrogen-bond donors (Lipinski definition) is 3. The second-order valence-electron chi connectivity index (χ2n) is 9.12. The minimum absolute atomic E-state index is 0.0386. The molecule has 9 heteroatoms. The second kappa shape index (κ2) is 12.8. The number of fused-ring (bicyclic) bond motifs is 1. The molecule has 194 valence electrons. The number of nitrogens with one attached hydrogen (secondary N) is 3. The van der Waals surface area contributed by atoms with Crippen LogP contribution in [-0.4, -0.2) is 38.7 Å². The third-order valence-electron chi connectivity index (χ3n) is 6.48. The number of ether oxygens (including phenoxy) is 1. The molecule has 3 heterocycles. The molecule has 0 fully saturated rings. The van der Waals surface area contributed by atoms with E-state index in [9.17, 15) is 9.59 Å². The highest BCUT2D eigenvalue weighted by atomic mass is 16.5. The van der Waals surface area contributed by atoms with Gasteiger partial charge in [-0.2, -0.15) is 0 Å². The zero-order valence-corrected chi connectivity index (χ0v) is 21.5. The Kier molecular flexibility index (Phi) is 9.02. The van der Waals surface area contributed by atoms with E-state index in [4.69, 9.17) is 9.72 Å². The number of hydrogen-bond acceptors (Lipinski definition) is 5. The van der Waals surface area contributed by atoms with Gasteiger partial charge in [-0.05, 0) is 25.0 Å². The number of amides is 1. The van der Waals surface area contributed by atoms with Crippen molar-refractivity contribution in [2.75, 3.05) is 7.11 Å². The average molecular weight is 504 g/mol. The van der Waals surface area contributed by atoms with Gasteiger partial charge in [0, 0.05) is 24.3 Å². The molecule has 0 radical (unpaired) electrons. The number of aromatic amines is 2. The van der Waals surface area contributed by atoms with E-state index in [0.29, 0.717) is 37.4 Å². The largest absolute Gasteiger partial charge is 0.496 e. The predicted octanol–water partition coefficient (Wildman–Crippen LogP) is 4.43. The van der Waals surface area contributed by atoms with Gasteiger partial charge in [-0.15, -0.1) is 0 Å². The fourth-order valence-corrected chi connectivity index (χ4v) is 4.35. The molecule has 4 rings (SSSR count). The monoisotopic (exact) mass is 503 g/mol. The number of rotatable bonds is 14. The zero-order valence-electron chi connectivity index (χ0n) is 21.5. The number of nitrogens with zero attached hydrogens (tertiary/aromatic N) is 3. The third kappa shape index (κ3) is 7.03. The minimum atomic E-state index is -0.262. The smallest absolute Gasteiger partial charge is 0.241 e. The molecule has 0 aliphatic rings. The van der Waals surface area contributed by atoms with Gasteiger partial charge in [-0.1, -0.05) is 31.9 Å². The van der Waals surface area contributed by atoms with E-state index >= 15 is 0 Å². The fraction of sp³-hybridized carbons (Fsp3) is 0.393. The number of para-hydroxylation sites is 1. The molecule has 4 aromatic rings. The molecule has 3 N–H and O–H groups in total. The number of aromatic nitrogens is 5. The molecule has 1 amide bonds. The van der Waals surface area contributed by atoms with E-state index in [-0.39, 0.29) is 11.9 Å². The highest BCUT2D eigenvalue weighted by molar-refractivity contribution is 5.87. The molecular formula is C28H35N6O3+. The maximum absolute atomic E-state index is 12.8. The summed E-state index contributed by atoms with van der Waals surface area (Å²) in [6, 6.07) is 9.47. The number of Topliss-reactive ketones (excluding diaryl/α,β-unsaturated/α-hetero) is 1. The third-order valence-corrected chi connectivity index (χ3v) is 6.48. The predicted molar refractivity (Wildman–Crippen MR) is 141 cm³/mol. The fourth-order valence-electron chi connectivity index (χ4n) is 4.35. The topological polar surface area (TPSA) is 117 Å². The Balaban J connectivity index is 1.48. The summed E-state index contributed by atoms with van der Waals surface area (Å²) in [7, 11) is 1.65. The van der Waals surface area contributed by atoms with Gasteiger partial charge in [0.25, 0.3) is 0 Å². The van der Waals surface area contributed by atoms with Gasteiger partial charge in [0.2, 0.25) is 12.2 Å². The van der Waals surface area contributed by atoms with Crippen LogP contribution in [0.5, 0.6) is 5.75 Å². The molecule has 0 spiro atoms. The molecule has 0 saturated heterocycles. The molecule has 0 unspecified atom stereocenters. The summed E-state index contributed by atoms with van der Waals surface area (Å²) in [5.41, 5.74) is 2.32. The van der Waals surface area contributed by atoms with E-state index in [1.807, 2.05) is 60.5 Å². The minimum Gasteiger partial charge on any atom is -0.496 e. The average Bonchev–Trinajstić information content (AvgIpc) is 3.63. The number of pyridine rings is 1. The lowest BCUT2D eigenvalue weighted by molar-refractivity contribution is -0.694. The maximum Gasteiger partial charge on any atom is 0.241 e. The molecule has 1 atom stereocenters. The summed E-state index contributed by atoms with van der Waals surface area (Å²) in [6.07, 6.45) is 12.2. The Labute approximate surface area is 216 Å². The first-order valence-electron chi connectivity index (χ1n) is 12.9. The van der Waals surface area contributed by atoms with Crippen molar-refractivity contribution in [2.24, 2.45) is 0 Å². The van der Waals surface area contributed by atoms with Crippen molar-refractivity contribution in [1.82, 2.24) is 25.3 Å². The number of methoxy groups -OCH3 is 1. The molecule has 0 aliphatic heterocycles. The Morgan fingerprint density at radius 3 is 2.81 bits per heavy atom. The number of unbranched alkanes of at least 4 members (excludes halogenated alkanes) is 2. The van der Waals surface area contributed by atoms with Crippen LogP contribution >= 0.6 is 0 Å². The summed E-state index contributed by atoms with van der Waals surface area (Å²) >= 11 is 0. The zero-order chi connectivity index (χ0) is 26.0. The number of H-pyrrole nitrogens is 2. The number of aryl methyl sites for hydroxylation is 1. The number of benzene rings is 1. The Morgan fingerprint density at radius 2 is 2.03 bits per heavy atom. The number of ketones is 1. The van der Waals surface area contributed by atoms with Crippen molar-refractivity contribution in [2.45, 2.75) is 64.5 Å². The maximum atomic E-state index is 12.8. The summed E-state index contributed by atoms with van der Waals surface area (Å²) in [4.78, 5) is 40.2. The van der Waals surface area contributed by atoms with Crippen molar-refractivity contribution < 1.29 is 18.9 Å².